The average Bonchev–Trinajstić information content (AvgIpc) is 1.49. The van der Waals surface area contributed by atoms with Crippen LogP contribution in [0.1, 0.15) is 27.2 Å². The molecule has 66 valence electrons. The highest BCUT2D eigenvalue weighted by molar-refractivity contribution is 7.91. The number of sulfone groups is 1. The number of hydrogen-bond donors (Lipinski definition) is 0. The Morgan fingerprint density at radius 3 is 2.27 bits per heavy atom. The van der Waals surface area contributed by atoms with Gasteiger partial charge in [-0.3, -0.25) is 0 Å². The molecule has 0 saturated carbocycles. The molecule has 1 aliphatic rings. The molecular formula is C8H16O2S. The Morgan fingerprint density at radius 2 is 1.91 bits per heavy atom. The van der Waals surface area contributed by atoms with E-state index in [4.69, 9.17) is 0 Å². The molecular weight excluding hydrogens is 160 g/mol. The van der Waals surface area contributed by atoms with Crippen molar-refractivity contribution in [3.8, 4) is 0 Å². The van der Waals surface area contributed by atoms with Crippen molar-refractivity contribution in [2.24, 2.45) is 11.3 Å². The molecule has 1 heterocycles. The second kappa shape index (κ2) is 2.47. The van der Waals surface area contributed by atoms with Gasteiger partial charge in [0, 0.05) is 0 Å². The monoisotopic (exact) mass is 176 g/mol. The lowest BCUT2D eigenvalue weighted by molar-refractivity contribution is 0.305. The van der Waals surface area contributed by atoms with Crippen LogP contribution in [0.4, 0.5) is 0 Å². The summed E-state index contributed by atoms with van der Waals surface area (Å²) in [7, 11) is -2.74. The highest BCUT2D eigenvalue weighted by Crippen LogP contribution is 2.33. The van der Waals surface area contributed by atoms with Crippen LogP contribution >= 0.6 is 0 Å². The topological polar surface area (TPSA) is 34.1 Å². The third kappa shape index (κ3) is 2.47. The molecule has 0 aromatic rings. The Kier molecular flexibility index (Phi) is 2.03. The Labute approximate surface area is 68.9 Å². The molecule has 11 heavy (non-hydrogen) atoms. The molecule has 1 fully saturated rings. The Hall–Kier alpha value is -0.0500. The van der Waals surface area contributed by atoms with E-state index in [2.05, 4.69) is 0 Å². The average molecular weight is 176 g/mol. The van der Waals surface area contributed by atoms with E-state index in [-0.39, 0.29) is 5.41 Å². The largest absolute Gasteiger partial charge is 0.229 e. The molecule has 0 aliphatic carbocycles. The molecule has 0 amide bonds. The smallest absolute Gasteiger partial charge is 0.151 e. The third-order valence-corrected chi connectivity index (χ3v) is 4.35. The van der Waals surface area contributed by atoms with Crippen molar-refractivity contribution >= 4 is 9.84 Å². The van der Waals surface area contributed by atoms with Crippen LogP contribution < -0.4 is 0 Å². The van der Waals surface area contributed by atoms with E-state index in [1.807, 2.05) is 20.8 Å². The molecule has 2 nitrogen and oxygen atoms in total. The minimum absolute atomic E-state index is 0.00347. The fourth-order valence-corrected chi connectivity index (χ4v) is 4.56. The summed E-state index contributed by atoms with van der Waals surface area (Å²) in [5, 5.41) is 0. The molecule has 0 aromatic carbocycles. The zero-order valence-corrected chi connectivity index (χ0v) is 8.24. The summed E-state index contributed by atoms with van der Waals surface area (Å²) in [6.45, 7) is 6.07. The van der Waals surface area contributed by atoms with Gasteiger partial charge in [0.15, 0.2) is 9.84 Å². The van der Waals surface area contributed by atoms with E-state index in [1.165, 1.54) is 0 Å². The second-order valence-electron chi connectivity index (χ2n) is 4.53. The van der Waals surface area contributed by atoms with Crippen LogP contribution in [0.3, 0.4) is 0 Å². The van der Waals surface area contributed by atoms with Gasteiger partial charge in [0.2, 0.25) is 0 Å². The van der Waals surface area contributed by atoms with Gasteiger partial charge in [-0.25, -0.2) is 8.42 Å². The lowest BCUT2D eigenvalue weighted by Gasteiger charge is -2.32. The maximum absolute atomic E-state index is 11.3. The Morgan fingerprint density at radius 1 is 1.36 bits per heavy atom. The van der Waals surface area contributed by atoms with Crippen molar-refractivity contribution in [1.29, 1.82) is 0 Å². The molecule has 1 aliphatic heterocycles. The first-order valence-corrected chi connectivity index (χ1v) is 5.83. The summed E-state index contributed by atoms with van der Waals surface area (Å²) >= 11 is 0. The SMILES string of the molecule is CC1CC(C)(C)CS(=O)(=O)C1. The fourth-order valence-electron chi connectivity index (χ4n) is 2.15. The van der Waals surface area contributed by atoms with Crippen LogP contribution in [0.25, 0.3) is 0 Å². The molecule has 0 spiro atoms. The molecule has 1 atom stereocenters. The summed E-state index contributed by atoms with van der Waals surface area (Å²) in [6, 6.07) is 0. The van der Waals surface area contributed by atoms with Crippen molar-refractivity contribution in [1.82, 2.24) is 0 Å². The first kappa shape index (κ1) is 9.04. The molecule has 3 heteroatoms. The van der Waals surface area contributed by atoms with E-state index in [9.17, 15) is 8.42 Å². The van der Waals surface area contributed by atoms with Crippen molar-refractivity contribution < 1.29 is 8.42 Å². The summed E-state index contributed by atoms with van der Waals surface area (Å²) < 4.78 is 22.6. The summed E-state index contributed by atoms with van der Waals surface area (Å²) in [6.07, 6.45) is 1.03. The Balaban J connectivity index is 2.83. The predicted octanol–water partition coefficient (Wildman–Crippen LogP) is 1.47. The van der Waals surface area contributed by atoms with Crippen LogP contribution in [-0.2, 0) is 9.84 Å². The highest BCUT2D eigenvalue weighted by atomic mass is 32.2. The molecule has 1 unspecified atom stereocenters. The first-order valence-electron chi connectivity index (χ1n) is 4.01. The lowest BCUT2D eigenvalue weighted by Crippen LogP contribution is -2.36. The molecule has 0 radical (unpaired) electrons. The minimum atomic E-state index is -2.74. The van der Waals surface area contributed by atoms with Gasteiger partial charge in [-0.2, -0.15) is 0 Å². The van der Waals surface area contributed by atoms with Gasteiger partial charge >= 0.3 is 0 Å². The van der Waals surface area contributed by atoms with Gasteiger partial charge in [-0.05, 0) is 17.8 Å². The van der Waals surface area contributed by atoms with Gasteiger partial charge in [0.05, 0.1) is 11.5 Å². The standard InChI is InChI=1S/C8H16O2S/c1-7-4-8(2,3)6-11(9,10)5-7/h7H,4-6H2,1-3H3. The zero-order chi connectivity index (χ0) is 8.70. The summed E-state index contributed by atoms with van der Waals surface area (Å²) in [5.74, 6) is 1.09. The number of hydrogen-bond acceptors (Lipinski definition) is 2. The van der Waals surface area contributed by atoms with Gasteiger partial charge in [-0.15, -0.1) is 0 Å². The van der Waals surface area contributed by atoms with E-state index in [0.717, 1.165) is 6.42 Å². The van der Waals surface area contributed by atoms with E-state index in [1.54, 1.807) is 0 Å². The van der Waals surface area contributed by atoms with Crippen LogP contribution in [0.15, 0.2) is 0 Å². The van der Waals surface area contributed by atoms with Crippen LogP contribution in [0, 0.1) is 11.3 Å². The van der Waals surface area contributed by atoms with Crippen LogP contribution in [0.2, 0.25) is 0 Å². The van der Waals surface area contributed by atoms with Gasteiger partial charge in [0.25, 0.3) is 0 Å². The molecule has 0 N–H and O–H groups in total. The van der Waals surface area contributed by atoms with Crippen molar-refractivity contribution in [2.45, 2.75) is 27.2 Å². The van der Waals surface area contributed by atoms with E-state index >= 15 is 0 Å². The quantitative estimate of drug-likeness (QED) is 0.560. The molecule has 0 aromatic heterocycles. The van der Waals surface area contributed by atoms with Crippen molar-refractivity contribution in [2.75, 3.05) is 11.5 Å². The normalized spacial score (nSPS) is 35.0. The summed E-state index contributed by atoms with van der Waals surface area (Å²) in [4.78, 5) is 0. The van der Waals surface area contributed by atoms with E-state index < -0.39 is 9.84 Å². The van der Waals surface area contributed by atoms with Gasteiger partial charge in [0.1, 0.15) is 0 Å². The first-order chi connectivity index (χ1) is 4.81. The fraction of sp³-hybridized carbons (Fsp3) is 1.00. The van der Waals surface area contributed by atoms with E-state index in [0.29, 0.717) is 17.4 Å². The molecule has 1 rings (SSSR count). The predicted molar refractivity (Wildman–Crippen MR) is 46.2 cm³/mol. The zero-order valence-electron chi connectivity index (χ0n) is 7.42. The molecule has 1 saturated heterocycles. The number of rotatable bonds is 0. The highest BCUT2D eigenvalue weighted by Gasteiger charge is 2.34. The van der Waals surface area contributed by atoms with Gasteiger partial charge < -0.3 is 0 Å². The second-order valence-corrected chi connectivity index (χ2v) is 6.64. The maximum Gasteiger partial charge on any atom is 0.151 e. The Bertz CT molecular complexity index is 239. The summed E-state index contributed by atoms with van der Waals surface area (Å²) in [5.41, 5.74) is -0.00347. The molecule has 0 bridgehead atoms. The third-order valence-electron chi connectivity index (χ3n) is 2.05. The minimum Gasteiger partial charge on any atom is -0.229 e. The van der Waals surface area contributed by atoms with Gasteiger partial charge in [-0.1, -0.05) is 20.8 Å². The van der Waals surface area contributed by atoms with Crippen LogP contribution in [0.5, 0.6) is 0 Å². The van der Waals surface area contributed by atoms with Crippen LogP contribution in [-0.4, -0.2) is 19.9 Å². The van der Waals surface area contributed by atoms with Crippen molar-refractivity contribution in [3.63, 3.8) is 0 Å². The lowest BCUT2D eigenvalue weighted by atomic mass is 9.85. The maximum atomic E-state index is 11.3. The van der Waals surface area contributed by atoms with Crippen molar-refractivity contribution in [3.05, 3.63) is 0 Å².